The van der Waals surface area contributed by atoms with Gasteiger partial charge in [0.1, 0.15) is 12.7 Å². The molecule has 1 aliphatic rings. The van der Waals surface area contributed by atoms with Crippen LogP contribution in [0.1, 0.15) is 168 Å². The third kappa shape index (κ3) is 27.3. The molecule has 0 heterocycles. The Hall–Kier alpha value is -1.41. The van der Waals surface area contributed by atoms with E-state index in [0.29, 0.717) is 38.5 Å². The van der Waals surface area contributed by atoms with Gasteiger partial charge in [-0.25, -0.2) is 4.57 Å². The monoisotopic (exact) mass is 823 g/mol. The van der Waals surface area contributed by atoms with E-state index in [4.69, 9.17) is 19.1 Å². The molecule has 0 saturated heterocycles. The van der Waals surface area contributed by atoms with Crippen molar-refractivity contribution in [1.82, 2.24) is 0 Å². The summed E-state index contributed by atoms with van der Waals surface area (Å²) < 4.78 is 32.7. The Morgan fingerprint density at radius 1 is 0.732 bits per heavy atom. The van der Waals surface area contributed by atoms with Gasteiger partial charge in [0.15, 0.2) is 6.10 Å². The molecule has 0 radical (unpaired) electrons. The summed E-state index contributed by atoms with van der Waals surface area (Å²) in [5.41, 5.74) is 0. The fourth-order valence-corrected chi connectivity index (χ4v) is 7.83. The summed E-state index contributed by atoms with van der Waals surface area (Å²) in [5.74, 6) is -0.617. The predicted octanol–water partition coefficient (Wildman–Crippen LogP) is 7.46. The Morgan fingerprint density at radius 2 is 1.29 bits per heavy atom. The van der Waals surface area contributed by atoms with Gasteiger partial charge in [-0.15, -0.1) is 0 Å². The van der Waals surface area contributed by atoms with E-state index in [9.17, 15) is 39.5 Å². The lowest BCUT2D eigenvalue weighted by molar-refractivity contribution is -0.161. The third-order valence-corrected chi connectivity index (χ3v) is 11.4. The zero-order chi connectivity index (χ0) is 41.6. The summed E-state index contributed by atoms with van der Waals surface area (Å²) in [6.07, 6.45) is 19.7. The number of carbonyl (C=O) groups excluding carboxylic acids is 2. The molecule has 1 fully saturated rings. The lowest BCUT2D eigenvalue weighted by Gasteiger charge is -2.21. The number of ether oxygens (including phenoxy) is 2. The van der Waals surface area contributed by atoms with Gasteiger partial charge < -0.3 is 39.9 Å². The molecule has 13 nitrogen and oxygen atoms in total. The van der Waals surface area contributed by atoms with Crippen molar-refractivity contribution in [3.05, 3.63) is 12.2 Å². The number of hydrogen-bond acceptors (Lipinski definition) is 12. The van der Waals surface area contributed by atoms with E-state index >= 15 is 0 Å². The van der Waals surface area contributed by atoms with E-state index in [1.54, 1.807) is 6.08 Å². The molecule has 0 spiro atoms. The highest BCUT2D eigenvalue weighted by atomic mass is 31.2. The van der Waals surface area contributed by atoms with Crippen molar-refractivity contribution in [2.75, 3.05) is 26.4 Å². The first-order chi connectivity index (χ1) is 26.8. The smallest absolute Gasteiger partial charge is 0.462 e. The van der Waals surface area contributed by atoms with Gasteiger partial charge in [-0.3, -0.25) is 18.6 Å². The highest BCUT2D eigenvalue weighted by molar-refractivity contribution is 7.47. The molecule has 1 aliphatic carbocycles. The molecule has 14 heteroatoms. The first-order valence-corrected chi connectivity index (χ1v) is 23.3. The highest BCUT2D eigenvalue weighted by Crippen LogP contribution is 2.43. The van der Waals surface area contributed by atoms with Crippen molar-refractivity contribution < 1.29 is 63.1 Å². The van der Waals surface area contributed by atoms with Crippen molar-refractivity contribution in [2.24, 2.45) is 17.8 Å². The van der Waals surface area contributed by atoms with Gasteiger partial charge in [-0.1, -0.05) is 136 Å². The molecule has 0 aliphatic heterocycles. The van der Waals surface area contributed by atoms with Crippen LogP contribution in [0.3, 0.4) is 0 Å². The fraction of sp³-hybridized carbons (Fsp3) is 0.905. The van der Waals surface area contributed by atoms with Crippen LogP contribution >= 0.6 is 7.82 Å². The SMILES string of the molecule is CCCCC[C@H](O)/C=C/[C@@H]1[C@@H](CCCCCCC(=O)O[C@H](COC(=O)CCCCCCCCCCCCC(C)C)COP(=O)(O)OC[C@@H](O)CO)[C@@H](O)C[C@H]1O. The second-order valence-corrected chi connectivity index (χ2v) is 17.6. The van der Waals surface area contributed by atoms with Crippen molar-refractivity contribution in [2.45, 2.75) is 199 Å². The number of aliphatic hydroxyl groups excluding tert-OH is 5. The number of hydrogen-bond donors (Lipinski definition) is 6. The van der Waals surface area contributed by atoms with Crippen molar-refractivity contribution >= 4 is 19.8 Å². The minimum absolute atomic E-state index is 0.0601. The van der Waals surface area contributed by atoms with Crippen LogP contribution in [0.15, 0.2) is 12.2 Å². The fourth-order valence-electron chi connectivity index (χ4n) is 7.04. The standard InChI is InChI=1S/C42H79O13P/c1-4-5-16-22-34(44)26-27-38-37(39(46)28-40(38)47)23-18-14-15-20-25-42(49)55-36(32-54-56(50,51)53-30-35(45)29-43)31-52-41(48)24-19-13-11-9-7-6-8-10-12-17-21-33(2)3/h26-27,33-40,43-47H,4-25,28-32H2,1-3H3,(H,50,51)/b27-26+/t34-,35-,36+,37+,38+,39-,40+/m0/s1. The molecule has 0 bridgehead atoms. The van der Waals surface area contributed by atoms with Gasteiger partial charge in [-0.2, -0.15) is 0 Å². The maximum Gasteiger partial charge on any atom is 0.472 e. The van der Waals surface area contributed by atoms with Gasteiger partial charge in [0.2, 0.25) is 0 Å². The third-order valence-electron chi connectivity index (χ3n) is 10.4. The Labute approximate surface area is 337 Å². The van der Waals surface area contributed by atoms with Gasteiger partial charge in [-0.05, 0) is 37.5 Å². The van der Waals surface area contributed by atoms with Crippen molar-refractivity contribution in [3.8, 4) is 0 Å². The summed E-state index contributed by atoms with van der Waals surface area (Å²) in [7, 11) is -4.67. The second kappa shape index (κ2) is 32.4. The molecule has 6 N–H and O–H groups in total. The molecule has 1 saturated carbocycles. The van der Waals surface area contributed by atoms with Gasteiger partial charge in [0.25, 0.3) is 0 Å². The molecule has 0 aromatic carbocycles. The van der Waals surface area contributed by atoms with Crippen LogP contribution in [0.5, 0.6) is 0 Å². The largest absolute Gasteiger partial charge is 0.472 e. The predicted molar refractivity (Wildman–Crippen MR) is 217 cm³/mol. The van der Waals surface area contributed by atoms with Crippen LogP contribution in [0.25, 0.3) is 0 Å². The average Bonchev–Trinajstić information content (AvgIpc) is 3.43. The van der Waals surface area contributed by atoms with Crippen LogP contribution in [-0.2, 0) is 32.7 Å². The lowest BCUT2D eigenvalue weighted by atomic mass is 9.88. The van der Waals surface area contributed by atoms with Crippen LogP contribution < -0.4 is 0 Å². The van der Waals surface area contributed by atoms with Gasteiger partial charge in [0.05, 0.1) is 38.1 Å². The zero-order valence-corrected chi connectivity index (χ0v) is 35.7. The van der Waals surface area contributed by atoms with Crippen molar-refractivity contribution in [1.29, 1.82) is 0 Å². The summed E-state index contributed by atoms with van der Waals surface area (Å²) >= 11 is 0. The molecule has 56 heavy (non-hydrogen) atoms. The van der Waals surface area contributed by atoms with Crippen molar-refractivity contribution in [3.63, 3.8) is 0 Å². The second-order valence-electron chi connectivity index (χ2n) is 16.2. The molecule has 0 aromatic rings. The minimum Gasteiger partial charge on any atom is -0.462 e. The Morgan fingerprint density at radius 3 is 1.89 bits per heavy atom. The number of carbonyl (C=O) groups is 2. The zero-order valence-electron chi connectivity index (χ0n) is 34.9. The number of esters is 2. The van der Waals surface area contributed by atoms with Crippen LogP contribution in [-0.4, -0.2) is 99.3 Å². The molecular weight excluding hydrogens is 743 g/mol. The summed E-state index contributed by atoms with van der Waals surface area (Å²) in [4.78, 5) is 35.2. The normalized spacial score (nSPS) is 21.3. The van der Waals surface area contributed by atoms with E-state index in [2.05, 4.69) is 25.3 Å². The molecule has 1 rings (SSSR count). The summed E-state index contributed by atoms with van der Waals surface area (Å²) in [5, 5.41) is 49.7. The molecule has 0 amide bonds. The first kappa shape index (κ1) is 52.6. The Kier molecular flexibility index (Phi) is 30.5. The number of aliphatic hydroxyl groups is 5. The van der Waals surface area contributed by atoms with Gasteiger partial charge >= 0.3 is 19.8 Å². The highest BCUT2D eigenvalue weighted by Gasteiger charge is 2.39. The number of phosphoric ester groups is 1. The van der Waals surface area contributed by atoms with E-state index < -0.39 is 70.1 Å². The molecular formula is C42H79O13P. The quantitative estimate of drug-likeness (QED) is 0.0157. The van der Waals surface area contributed by atoms with E-state index in [1.165, 1.54) is 44.9 Å². The van der Waals surface area contributed by atoms with Crippen LogP contribution in [0.2, 0.25) is 0 Å². The maximum absolute atomic E-state index is 12.7. The van der Waals surface area contributed by atoms with Crippen LogP contribution in [0, 0.1) is 17.8 Å². The molecule has 8 atom stereocenters. The average molecular weight is 823 g/mol. The Balaban J connectivity index is 2.46. The number of rotatable bonds is 36. The number of phosphoric acid groups is 1. The maximum atomic E-state index is 12.7. The Bertz CT molecular complexity index is 1070. The molecule has 330 valence electrons. The topological polar surface area (TPSA) is 210 Å². The minimum atomic E-state index is -4.67. The first-order valence-electron chi connectivity index (χ1n) is 21.8. The van der Waals surface area contributed by atoms with Gasteiger partial charge in [0, 0.05) is 25.2 Å². The summed E-state index contributed by atoms with van der Waals surface area (Å²) in [6.45, 7) is 4.34. The lowest BCUT2D eigenvalue weighted by Crippen LogP contribution is -2.29. The molecule has 0 aromatic heterocycles. The van der Waals surface area contributed by atoms with Crippen LogP contribution in [0.4, 0.5) is 0 Å². The molecule has 1 unspecified atom stereocenters. The van der Waals surface area contributed by atoms with E-state index in [0.717, 1.165) is 57.3 Å². The summed E-state index contributed by atoms with van der Waals surface area (Å²) in [6, 6.07) is 0. The van der Waals surface area contributed by atoms with E-state index in [1.807, 2.05) is 6.08 Å². The number of unbranched alkanes of at least 4 members (excludes halogenated alkanes) is 14. The van der Waals surface area contributed by atoms with E-state index in [-0.39, 0.29) is 31.3 Å².